The number of benzene rings is 2. The van der Waals surface area contributed by atoms with Crippen LogP contribution in [-0.4, -0.2) is 42.3 Å². The van der Waals surface area contributed by atoms with Gasteiger partial charge in [-0.25, -0.2) is 4.79 Å². The van der Waals surface area contributed by atoms with E-state index in [9.17, 15) is 14.4 Å². The lowest BCUT2D eigenvalue weighted by Crippen LogP contribution is -2.43. The van der Waals surface area contributed by atoms with Gasteiger partial charge in [-0.15, -0.1) is 0 Å². The molecule has 2 amide bonds. The lowest BCUT2D eigenvalue weighted by molar-refractivity contribution is -0.137. The van der Waals surface area contributed by atoms with Crippen LogP contribution in [0.3, 0.4) is 0 Å². The molecule has 7 heteroatoms. The molecule has 3 N–H and O–H groups in total. The van der Waals surface area contributed by atoms with Crippen molar-refractivity contribution in [3.05, 3.63) is 59.7 Å². The Morgan fingerprint density at radius 1 is 1.03 bits per heavy atom. The van der Waals surface area contributed by atoms with E-state index in [1.807, 2.05) is 24.3 Å². The summed E-state index contributed by atoms with van der Waals surface area (Å²) < 4.78 is 5.56. The molecule has 2 aliphatic carbocycles. The van der Waals surface area contributed by atoms with Crippen molar-refractivity contribution in [2.45, 2.75) is 44.6 Å². The van der Waals surface area contributed by atoms with Crippen molar-refractivity contribution in [1.29, 1.82) is 0 Å². The van der Waals surface area contributed by atoms with Gasteiger partial charge >= 0.3 is 12.1 Å². The maximum atomic E-state index is 12.7. The van der Waals surface area contributed by atoms with Crippen LogP contribution in [0.4, 0.5) is 4.79 Å². The summed E-state index contributed by atoms with van der Waals surface area (Å²) in [5.74, 6) is -1.13. The Labute approximate surface area is 193 Å². The molecule has 0 aliphatic heterocycles. The number of carbonyl (C=O) groups excluding carboxylic acids is 2. The number of hydrogen-bond acceptors (Lipinski definition) is 4. The van der Waals surface area contributed by atoms with Gasteiger partial charge in [0, 0.05) is 18.5 Å². The number of rotatable bonds is 10. The first kappa shape index (κ1) is 22.8. The topological polar surface area (TPSA) is 105 Å². The lowest BCUT2D eigenvalue weighted by Gasteiger charge is -2.20. The average Bonchev–Trinajstić information content (AvgIpc) is 3.55. The molecule has 1 unspecified atom stereocenters. The molecular formula is C26H30N2O5. The van der Waals surface area contributed by atoms with Crippen molar-refractivity contribution < 1.29 is 24.2 Å². The van der Waals surface area contributed by atoms with Crippen LogP contribution in [0, 0.1) is 11.8 Å². The van der Waals surface area contributed by atoms with Gasteiger partial charge in [0.2, 0.25) is 5.91 Å². The Hall–Kier alpha value is -3.35. The maximum Gasteiger partial charge on any atom is 0.407 e. The van der Waals surface area contributed by atoms with Crippen LogP contribution in [0.25, 0.3) is 11.1 Å². The van der Waals surface area contributed by atoms with E-state index in [1.54, 1.807) is 6.92 Å². The van der Waals surface area contributed by atoms with Gasteiger partial charge in [-0.3, -0.25) is 9.59 Å². The molecule has 1 saturated carbocycles. The zero-order valence-electron chi connectivity index (χ0n) is 18.8. The Balaban J connectivity index is 1.32. The van der Waals surface area contributed by atoms with Crippen LogP contribution in [0.1, 0.15) is 49.7 Å². The molecule has 0 radical (unpaired) electrons. The first-order valence-electron chi connectivity index (χ1n) is 11.5. The van der Waals surface area contributed by atoms with Crippen molar-refractivity contribution in [3.8, 4) is 11.1 Å². The van der Waals surface area contributed by atoms with E-state index in [4.69, 9.17) is 9.84 Å². The number of ether oxygens (including phenoxy) is 1. The quantitative estimate of drug-likeness (QED) is 0.509. The molecule has 2 aliphatic rings. The minimum Gasteiger partial charge on any atom is -0.481 e. The number of hydrogen-bond donors (Lipinski definition) is 3. The van der Waals surface area contributed by atoms with Crippen LogP contribution in [0.15, 0.2) is 48.5 Å². The van der Waals surface area contributed by atoms with E-state index < -0.39 is 24.0 Å². The third kappa shape index (κ3) is 5.72. The van der Waals surface area contributed by atoms with E-state index in [0.29, 0.717) is 12.3 Å². The number of carbonyl (C=O) groups is 3. The molecule has 33 heavy (non-hydrogen) atoms. The summed E-state index contributed by atoms with van der Waals surface area (Å²) in [6.07, 6.45) is 2.15. The Kier molecular flexibility index (Phi) is 6.96. The summed E-state index contributed by atoms with van der Waals surface area (Å²) in [5, 5.41) is 14.4. The van der Waals surface area contributed by atoms with Crippen molar-refractivity contribution in [1.82, 2.24) is 10.6 Å². The second-order valence-electron chi connectivity index (χ2n) is 9.09. The van der Waals surface area contributed by atoms with Crippen molar-refractivity contribution in [2.75, 3.05) is 13.2 Å². The Morgan fingerprint density at radius 2 is 1.64 bits per heavy atom. The summed E-state index contributed by atoms with van der Waals surface area (Å²) >= 11 is 0. The Bertz CT molecular complexity index is 987. The molecule has 2 aromatic carbocycles. The normalized spacial score (nSPS) is 16.3. The van der Waals surface area contributed by atoms with E-state index in [-0.39, 0.29) is 31.4 Å². The molecule has 7 nitrogen and oxygen atoms in total. The SMILES string of the molecule is C[C@H](CC(=O)O)NC(=O)C(CNC(=O)OCC1c2ccccc2-c2ccccc21)CC1CC1. The van der Waals surface area contributed by atoms with Crippen LogP contribution in [-0.2, 0) is 14.3 Å². The monoisotopic (exact) mass is 450 g/mol. The molecule has 0 saturated heterocycles. The molecule has 0 bridgehead atoms. The van der Waals surface area contributed by atoms with E-state index in [1.165, 1.54) is 11.1 Å². The lowest BCUT2D eigenvalue weighted by atomic mass is 9.98. The fourth-order valence-corrected chi connectivity index (χ4v) is 4.57. The summed E-state index contributed by atoms with van der Waals surface area (Å²) in [4.78, 5) is 36.0. The highest BCUT2D eigenvalue weighted by Gasteiger charge is 2.31. The van der Waals surface area contributed by atoms with E-state index in [2.05, 4.69) is 34.9 Å². The molecule has 0 spiro atoms. The third-order valence-electron chi connectivity index (χ3n) is 6.39. The van der Waals surface area contributed by atoms with E-state index >= 15 is 0 Å². The van der Waals surface area contributed by atoms with Crippen LogP contribution in [0.5, 0.6) is 0 Å². The molecular weight excluding hydrogens is 420 g/mol. The summed E-state index contributed by atoms with van der Waals surface area (Å²) in [6.45, 7) is 2.05. The highest BCUT2D eigenvalue weighted by Crippen LogP contribution is 2.44. The second kappa shape index (κ2) is 10.1. The smallest absolute Gasteiger partial charge is 0.407 e. The van der Waals surface area contributed by atoms with Crippen molar-refractivity contribution in [2.24, 2.45) is 11.8 Å². The van der Waals surface area contributed by atoms with Gasteiger partial charge < -0.3 is 20.5 Å². The fourth-order valence-electron chi connectivity index (χ4n) is 4.57. The minimum absolute atomic E-state index is 0.0226. The van der Waals surface area contributed by atoms with Gasteiger partial charge in [0.25, 0.3) is 0 Å². The van der Waals surface area contributed by atoms with Gasteiger partial charge in [-0.2, -0.15) is 0 Å². The predicted molar refractivity (Wildman–Crippen MR) is 124 cm³/mol. The number of nitrogens with one attached hydrogen (secondary N) is 2. The summed E-state index contributed by atoms with van der Waals surface area (Å²) in [7, 11) is 0. The number of fused-ring (bicyclic) bond motifs is 3. The zero-order chi connectivity index (χ0) is 23.4. The third-order valence-corrected chi connectivity index (χ3v) is 6.39. The fraction of sp³-hybridized carbons (Fsp3) is 0.423. The minimum atomic E-state index is -0.960. The van der Waals surface area contributed by atoms with Crippen molar-refractivity contribution in [3.63, 3.8) is 0 Å². The largest absolute Gasteiger partial charge is 0.481 e. The molecule has 4 rings (SSSR count). The maximum absolute atomic E-state index is 12.7. The van der Waals surface area contributed by atoms with Gasteiger partial charge in [0.05, 0.1) is 12.3 Å². The zero-order valence-corrected chi connectivity index (χ0v) is 18.8. The molecule has 2 atom stereocenters. The number of aliphatic carboxylic acids is 1. The number of amides is 2. The van der Waals surface area contributed by atoms with Gasteiger partial charge in [-0.05, 0) is 41.5 Å². The summed E-state index contributed by atoms with van der Waals surface area (Å²) in [5.41, 5.74) is 4.62. The highest BCUT2D eigenvalue weighted by molar-refractivity contribution is 5.81. The first-order valence-corrected chi connectivity index (χ1v) is 11.5. The summed E-state index contributed by atoms with van der Waals surface area (Å²) in [6, 6.07) is 15.8. The first-order chi connectivity index (χ1) is 15.9. The van der Waals surface area contributed by atoms with Gasteiger partial charge in [0.15, 0.2) is 0 Å². The van der Waals surface area contributed by atoms with E-state index in [0.717, 1.165) is 24.0 Å². The number of carboxylic acids is 1. The van der Waals surface area contributed by atoms with Crippen molar-refractivity contribution >= 4 is 18.0 Å². The van der Waals surface area contributed by atoms with Crippen LogP contribution >= 0.6 is 0 Å². The van der Waals surface area contributed by atoms with Gasteiger partial charge in [-0.1, -0.05) is 61.4 Å². The Morgan fingerprint density at radius 3 is 2.21 bits per heavy atom. The standard InChI is InChI=1S/C26H30N2O5/c1-16(12-24(29)30)28-25(31)18(13-17-10-11-17)14-27-26(32)33-15-23-21-8-4-2-6-19(21)20-7-3-5-9-22(20)23/h2-9,16-18,23H,10-15H2,1H3,(H,27,32)(H,28,31)(H,29,30)/t16-,18?/m1/s1. The number of alkyl carbamates (subject to hydrolysis) is 1. The predicted octanol–water partition coefficient (Wildman–Crippen LogP) is 3.92. The molecule has 174 valence electrons. The second-order valence-corrected chi connectivity index (χ2v) is 9.09. The molecule has 0 heterocycles. The average molecular weight is 451 g/mol. The van der Waals surface area contributed by atoms with Crippen LogP contribution < -0.4 is 10.6 Å². The van der Waals surface area contributed by atoms with Crippen LogP contribution in [0.2, 0.25) is 0 Å². The molecule has 1 fully saturated rings. The van der Waals surface area contributed by atoms with Gasteiger partial charge in [0.1, 0.15) is 6.61 Å². The molecule has 0 aromatic heterocycles. The highest BCUT2D eigenvalue weighted by atomic mass is 16.5. The number of carboxylic acid groups (broad SMARTS) is 1. The molecule has 2 aromatic rings.